The van der Waals surface area contributed by atoms with Crippen LogP contribution in [0.5, 0.6) is 0 Å². The number of nitrogens with one attached hydrogen (secondary N) is 1. The van der Waals surface area contributed by atoms with Crippen LogP contribution in [0.4, 0.5) is 11.6 Å². The van der Waals surface area contributed by atoms with Crippen LogP contribution in [-0.4, -0.2) is 61.1 Å². The van der Waals surface area contributed by atoms with Gasteiger partial charge in [0.2, 0.25) is 32.5 Å². The first-order valence-corrected chi connectivity index (χ1v) is 16.1. The maximum absolute atomic E-state index is 11.2. The van der Waals surface area contributed by atoms with Crippen molar-refractivity contribution in [2.24, 2.45) is 0 Å². The Labute approximate surface area is 330 Å². The molecule has 0 saturated carbocycles. The second kappa shape index (κ2) is 16.9. The van der Waals surface area contributed by atoms with Crippen LogP contribution < -0.4 is 64.4 Å². The Morgan fingerprint density at radius 2 is 1.21 bits per heavy atom. The summed E-state index contributed by atoms with van der Waals surface area (Å²) in [6, 6.07) is 16.3. The van der Waals surface area contributed by atoms with Gasteiger partial charge in [-0.1, -0.05) is 29.8 Å². The van der Waals surface area contributed by atoms with E-state index < -0.39 is 30.4 Å². The smallest absolute Gasteiger partial charge is 0.742 e. The van der Waals surface area contributed by atoms with Gasteiger partial charge in [-0.15, -0.1) is 10.2 Å². The quantitative estimate of drug-likeness (QED) is 0.149. The molecule has 236 valence electrons. The molecule has 16 nitrogen and oxygen atoms in total. The van der Waals surface area contributed by atoms with Crippen molar-refractivity contribution in [1.29, 1.82) is 0 Å². The van der Waals surface area contributed by atoms with Crippen LogP contribution in [0.2, 0.25) is 15.6 Å². The Morgan fingerprint density at radius 1 is 0.646 bits per heavy atom. The van der Waals surface area contributed by atoms with E-state index in [9.17, 15) is 25.9 Å². The number of hydrogen-bond acceptors (Lipinski definition) is 16. The zero-order valence-corrected chi connectivity index (χ0v) is 32.2. The molecule has 0 atom stereocenters. The second-order valence-corrected chi connectivity index (χ2v) is 12.2. The molecule has 5 heterocycles. The number of hydrogen-bond donors (Lipinski definition) is 1. The van der Waals surface area contributed by atoms with Crippen LogP contribution in [0.3, 0.4) is 0 Å². The third kappa shape index (κ3) is 10.2. The molecule has 5 aromatic heterocycles. The predicted octanol–water partition coefficient (Wildman–Crippen LogP) is -1.15. The summed E-state index contributed by atoms with van der Waals surface area (Å²) >= 11 is 17.2. The van der Waals surface area contributed by atoms with Crippen LogP contribution in [0.25, 0.3) is 34.4 Å². The molecule has 0 fully saturated rings. The second-order valence-electron chi connectivity index (χ2n) is 8.50. The van der Waals surface area contributed by atoms with Crippen molar-refractivity contribution >= 4 is 66.7 Å². The van der Waals surface area contributed by atoms with Crippen molar-refractivity contribution < 1.29 is 93.9 Å². The zero-order chi connectivity index (χ0) is 33.1. The molecule has 6 aromatic rings. The van der Waals surface area contributed by atoms with E-state index in [0.29, 0.717) is 16.4 Å². The largest absolute Gasteiger partial charge is 1.00 e. The third-order valence-electron chi connectivity index (χ3n) is 5.40. The molecule has 0 bridgehead atoms. The van der Waals surface area contributed by atoms with Crippen LogP contribution in [0.15, 0.2) is 91.9 Å². The van der Waals surface area contributed by atoms with Crippen LogP contribution in [0, 0.1) is 0 Å². The maximum Gasteiger partial charge on any atom is 1.00 e. The Bertz CT molecular complexity index is 2240. The molecule has 0 aliphatic rings. The van der Waals surface area contributed by atoms with E-state index in [-0.39, 0.29) is 104 Å². The summed E-state index contributed by atoms with van der Waals surface area (Å²) < 4.78 is 77.2. The first-order valence-electron chi connectivity index (χ1n) is 12.1. The van der Waals surface area contributed by atoms with E-state index >= 15 is 0 Å². The Hall–Kier alpha value is -2.56. The van der Waals surface area contributed by atoms with Crippen LogP contribution in [-0.2, 0) is 20.2 Å². The molecule has 1 N–H and O–H groups in total. The number of nitrogens with zero attached hydrogens (tertiary/aromatic N) is 7. The molecule has 23 heteroatoms. The number of anilines is 2. The van der Waals surface area contributed by atoms with Crippen molar-refractivity contribution in [3.63, 3.8) is 0 Å². The molecule has 6 rings (SSSR count). The van der Waals surface area contributed by atoms with Crippen LogP contribution in [0.1, 0.15) is 0 Å². The number of pyridine rings is 1. The minimum absolute atomic E-state index is 0. The molecule has 0 unspecified atom stereocenters. The average Bonchev–Trinajstić information content (AvgIpc) is 3.70. The van der Waals surface area contributed by atoms with Crippen molar-refractivity contribution in [1.82, 2.24) is 35.1 Å². The molecule has 0 saturated heterocycles. The van der Waals surface area contributed by atoms with Gasteiger partial charge in [-0.2, -0.15) is 15.0 Å². The van der Waals surface area contributed by atoms with Crippen molar-refractivity contribution in [3.8, 4) is 34.4 Å². The van der Waals surface area contributed by atoms with Crippen molar-refractivity contribution in [3.05, 3.63) is 88.5 Å². The van der Waals surface area contributed by atoms with Gasteiger partial charge >= 0.3 is 59.1 Å². The van der Waals surface area contributed by atoms with Gasteiger partial charge in [0.25, 0.3) is 0 Å². The van der Waals surface area contributed by atoms with Crippen molar-refractivity contribution in [2.75, 3.05) is 5.32 Å². The van der Waals surface area contributed by atoms with E-state index in [1.54, 1.807) is 30.3 Å². The van der Waals surface area contributed by atoms with Crippen LogP contribution >= 0.6 is 34.8 Å². The van der Waals surface area contributed by atoms with Gasteiger partial charge in [-0.05, 0) is 71.7 Å². The Kier molecular flexibility index (Phi) is 14.0. The molecule has 1 aromatic carbocycles. The first-order chi connectivity index (χ1) is 21.8. The van der Waals surface area contributed by atoms with E-state index in [4.69, 9.17) is 43.6 Å². The third-order valence-corrected chi connectivity index (χ3v) is 7.50. The number of aromatic nitrogens is 7. The summed E-state index contributed by atoms with van der Waals surface area (Å²) in [6.45, 7) is 0. The number of para-hydroxylation sites is 1. The molecular formula is C25H13Cl3N8Na2O8S2. The van der Waals surface area contributed by atoms with E-state index in [1.807, 2.05) is 12.1 Å². The Morgan fingerprint density at radius 3 is 1.73 bits per heavy atom. The van der Waals surface area contributed by atoms with E-state index in [1.165, 1.54) is 6.20 Å². The van der Waals surface area contributed by atoms with Gasteiger partial charge in [0.05, 0.1) is 10.7 Å². The summed E-state index contributed by atoms with van der Waals surface area (Å²) in [5.74, 6) is -0.108. The normalized spacial score (nSPS) is 11.0. The van der Waals surface area contributed by atoms with Gasteiger partial charge in [0, 0.05) is 6.20 Å². The average molecular weight is 770 g/mol. The fraction of sp³-hybridized carbons (Fsp3) is 0. The summed E-state index contributed by atoms with van der Waals surface area (Å²) in [5.41, 5.74) is 0.712. The number of halogens is 3. The van der Waals surface area contributed by atoms with E-state index in [0.717, 1.165) is 24.3 Å². The van der Waals surface area contributed by atoms with E-state index in [2.05, 4.69) is 40.4 Å². The summed E-state index contributed by atoms with van der Waals surface area (Å²) in [7, 11) is -9.76. The SMILES string of the molecule is Clc1nc(Cl)nc(Nc2ccccc2Cl)n1.O=S(=O)([O-])c1ccc(-c2nnc(-c3ccccn3)nc2-c2ccc(S(=O)(=O)[O-])o2)o1.[Na+].[Na+]. The standard InChI is InChI=1S/C16H10N4O8S2.C9H5Cl3N4.2Na/c21-29(22,23)12-6-4-10(27-12)14-15(11-5-7-13(28-11)30(24,25)26)19-20-16(18-14)9-3-1-2-8-17-9;10-5-3-1-2-4-6(5)13-9-15-7(11)14-8(12)16-9;;/h1-8H,(H,21,22,23)(H,24,25,26);1-4H,(H,13,14,15,16);;/q;;2*+1/p-2. The van der Waals surface area contributed by atoms with Gasteiger partial charge in [-0.3, -0.25) is 4.98 Å². The zero-order valence-electron chi connectivity index (χ0n) is 24.3. The minimum Gasteiger partial charge on any atom is -0.742 e. The van der Waals surface area contributed by atoms with Gasteiger partial charge in [0.15, 0.2) is 37.5 Å². The predicted molar refractivity (Wildman–Crippen MR) is 159 cm³/mol. The maximum atomic E-state index is 11.2. The number of furan rings is 2. The minimum atomic E-state index is -4.88. The van der Waals surface area contributed by atoms with Crippen molar-refractivity contribution in [2.45, 2.75) is 10.2 Å². The van der Waals surface area contributed by atoms with Gasteiger partial charge in [0.1, 0.15) is 11.4 Å². The molecule has 0 amide bonds. The van der Waals surface area contributed by atoms with Gasteiger partial charge in [-0.25, -0.2) is 21.8 Å². The molecule has 48 heavy (non-hydrogen) atoms. The topological polar surface area (TPSA) is 243 Å². The molecule has 0 aliphatic carbocycles. The first kappa shape index (κ1) is 39.9. The molecule has 0 spiro atoms. The Balaban J connectivity index is 0.000000296. The fourth-order valence-corrected chi connectivity index (χ4v) is 4.90. The molecular weight excluding hydrogens is 757 g/mol. The summed E-state index contributed by atoms with van der Waals surface area (Å²) in [6.07, 6.45) is 1.49. The molecule has 0 aliphatic heterocycles. The monoisotopic (exact) mass is 768 g/mol. The fourth-order valence-electron chi connectivity index (χ4n) is 3.50. The summed E-state index contributed by atoms with van der Waals surface area (Å²) in [5, 5.41) is 9.61. The molecule has 0 radical (unpaired) electrons. The van der Waals surface area contributed by atoms with Gasteiger partial charge < -0.3 is 23.3 Å². The number of rotatable bonds is 7. The summed E-state index contributed by atoms with van der Waals surface area (Å²) in [4.78, 5) is 19.7. The number of benzene rings is 1.